The predicted molar refractivity (Wildman–Crippen MR) is 48.4 cm³/mol. The van der Waals surface area contributed by atoms with Gasteiger partial charge in [-0.1, -0.05) is 32.4 Å². The molecular formula is C11H18. The topological polar surface area (TPSA) is 0 Å². The second kappa shape index (κ2) is 2.36. The van der Waals surface area contributed by atoms with Gasteiger partial charge >= 0.3 is 0 Å². The highest BCUT2D eigenvalue weighted by Crippen LogP contribution is 2.48. The Bertz CT molecular complexity index is 176. The summed E-state index contributed by atoms with van der Waals surface area (Å²) in [6.45, 7) is 4.88. The van der Waals surface area contributed by atoms with Crippen LogP contribution in [-0.4, -0.2) is 0 Å². The summed E-state index contributed by atoms with van der Waals surface area (Å²) in [5.41, 5.74) is 0.617. The molecule has 0 amide bonds. The molecule has 2 aliphatic rings. The molecule has 2 atom stereocenters. The van der Waals surface area contributed by atoms with Gasteiger partial charge in [-0.3, -0.25) is 0 Å². The normalized spacial score (nSPS) is 40.5. The molecule has 0 spiro atoms. The molecule has 0 bridgehead atoms. The van der Waals surface area contributed by atoms with Gasteiger partial charge in [0.15, 0.2) is 0 Å². The van der Waals surface area contributed by atoms with E-state index >= 15 is 0 Å². The Labute approximate surface area is 69.7 Å². The average Bonchev–Trinajstić information content (AvgIpc) is 2.34. The molecule has 11 heavy (non-hydrogen) atoms. The van der Waals surface area contributed by atoms with Gasteiger partial charge in [0.25, 0.3) is 0 Å². The fraction of sp³-hybridized carbons (Fsp3) is 0.818. The van der Waals surface area contributed by atoms with E-state index in [1.165, 1.54) is 25.7 Å². The third-order valence-corrected chi connectivity index (χ3v) is 3.65. The summed E-state index contributed by atoms with van der Waals surface area (Å²) >= 11 is 0. The number of fused-ring (bicyclic) bond motifs is 1. The monoisotopic (exact) mass is 150 g/mol. The Morgan fingerprint density at radius 3 is 2.91 bits per heavy atom. The van der Waals surface area contributed by atoms with Crippen LogP contribution in [0.15, 0.2) is 12.2 Å². The Balaban J connectivity index is 2.16. The SMILES string of the molecule is CC1(C)CCCC2C=CCC21. The lowest BCUT2D eigenvalue weighted by atomic mass is 9.65. The average molecular weight is 150 g/mol. The molecule has 0 radical (unpaired) electrons. The van der Waals surface area contributed by atoms with Crippen LogP contribution in [-0.2, 0) is 0 Å². The van der Waals surface area contributed by atoms with Crippen LogP contribution in [0.5, 0.6) is 0 Å². The second-order valence-electron chi connectivity index (χ2n) is 4.82. The minimum Gasteiger partial charge on any atom is -0.0879 e. The van der Waals surface area contributed by atoms with E-state index < -0.39 is 0 Å². The largest absolute Gasteiger partial charge is 0.0879 e. The van der Waals surface area contributed by atoms with E-state index in [1.54, 1.807) is 0 Å². The molecule has 0 N–H and O–H groups in total. The zero-order chi connectivity index (χ0) is 7.90. The molecule has 2 rings (SSSR count). The molecule has 1 fully saturated rings. The smallest absolute Gasteiger partial charge is 0.0197 e. The molecule has 0 heteroatoms. The molecule has 0 aromatic carbocycles. The Kier molecular flexibility index (Phi) is 1.59. The molecule has 0 saturated heterocycles. The zero-order valence-corrected chi connectivity index (χ0v) is 7.64. The molecule has 1 saturated carbocycles. The first-order valence-corrected chi connectivity index (χ1v) is 4.87. The Morgan fingerprint density at radius 1 is 1.36 bits per heavy atom. The van der Waals surface area contributed by atoms with Crippen LogP contribution in [0, 0.1) is 17.3 Å². The highest BCUT2D eigenvalue weighted by molar-refractivity contribution is 5.06. The van der Waals surface area contributed by atoms with E-state index in [9.17, 15) is 0 Å². The van der Waals surface area contributed by atoms with Gasteiger partial charge in [-0.2, -0.15) is 0 Å². The standard InChI is InChI=1S/C11H18/c1-11(2)8-4-6-9-5-3-7-10(9)11/h3,5,9-10H,4,6-8H2,1-2H3. The highest BCUT2D eigenvalue weighted by atomic mass is 14.4. The van der Waals surface area contributed by atoms with Crippen molar-refractivity contribution >= 4 is 0 Å². The molecule has 2 aliphatic carbocycles. The fourth-order valence-electron chi connectivity index (χ4n) is 2.88. The van der Waals surface area contributed by atoms with Gasteiger partial charge in [0.1, 0.15) is 0 Å². The van der Waals surface area contributed by atoms with E-state index in [4.69, 9.17) is 0 Å². The number of rotatable bonds is 0. The molecule has 0 nitrogen and oxygen atoms in total. The fourth-order valence-corrected chi connectivity index (χ4v) is 2.88. The predicted octanol–water partition coefficient (Wildman–Crippen LogP) is 3.39. The van der Waals surface area contributed by atoms with Crippen molar-refractivity contribution in [2.45, 2.75) is 39.5 Å². The van der Waals surface area contributed by atoms with Crippen LogP contribution in [0.3, 0.4) is 0 Å². The van der Waals surface area contributed by atoms with E-state index in [2.05, 4.69) is 26.0 Å². The van der Waals surface area contributed by atoms with E-state index in [-0.39, 0.29) is 0 Å². The van der Waals surface area contributed by atoms with Crippen molar-refractivity contribution in [1.82, 2.24) is 0 Å². The van der Waals surface area contributed by atoms with Crippen LogP contribution in [0.4, 0.5) is 0 Å². The molecule has 0 aliphatic heterocycles. The van der Waals surface area contributed by atoms with E-state index in [1.807, 2.05) is 0 Å². The number of hydrogen-bond donors (Lipinski definition) is 0. The summed E-state index contributed by atoms with van der Waals surface area (Å²) in [6, 6.07) is 0. The van der Waals surface area contributed by atoms with Crippen LogP contribution in [0.1, 0.15) is 39.5 Å². The van der Waals surface area contributed by atoms with Crippen molar-refractivity contribution in [3.8, 4) is 0 Å². The molecule has 0 heterocycles. The minimum absolute atomic E-state index is 0.617. The summed E-state index contributed by atoms with van der Waals surface area (Å²) in [4.78, 5) is 0. The van der Waals surface area contributed by atoms with E-state index in [0.29, 0.717) is 5.41 Å². The maximum absolute atomic E-state index is 2.45. The summed E-state index contributed by atoms with van der Waals surface area (Å²) in [5.74, 6) is 1.90. The van der Waals surface area contributed by atoms with Gasteiger partial charge in [0.2, 0.25) is 0 Å². The van der Waals surface area contributed by atoms with Crippen molar-refractivity contribution < 1.29 is 0 Å². The Hall–Kier alpha value is -0.260. The third kappa shape index (κ3) is 1.13. The van der Waals surface area contributed by atoms with Crippen molar-refractivity contribution in [1.29, 1.82) is 0 Å². The first-order valence-electron chi connectivity index (χ1n) is 4.87. The lowest BCUT2D eigenvalue weighted by Gasteiger charge is -2.40. The molecule has 62 valence electrons. The summed E-state index contributed by atoms with van der Waals surface area (Å²) in [7, 11) is 0. The number of allylic oxidation sites excluding steroid dienone is 2. The summed E-state index contributed by atoms with van der Waals surface area (Å²) in [6.07, 6.45) is 10.5. The van der Waals surface area contributed by atoms with Crippen LogP contribution in [0.2, 0.25) is 0 Å². The van der Waals surface area contributed by atoms with Crippen LogP contribution >= 0.6 is 0 Å². The first-order chi connectivity index (χ1) is 5.20. The van der Waals surface area contributed by atoms with Crippen molar-refractivity contribution in [3.05, 3.63) is 12.2 Å². The van der Waals surface area contributed by atoms with Crippen molar-refractivity contribution in [2.75, 3.05) is 0 Å². The van der Waals surface area contributed by atoms with Gasteiger partial charge in [0.05, 0.1) is 0 Å². The van der Waals surface area contributed by atoms with Crippen molar-refractivity contribution in [2.24, 2.45) is 17.3 Å². The van der Waals surface area contributed by atoms with Gasteiger partial charge in [-0.15, -0.1) is 0 Å². The molecule has 0 aromatic rings. The number of hydrogen-bond acceptors (Lipinski definition) is 0. The molecular weight excluding hydrogens is 132 g/mol. The highest BCUT2D eigenvalue weighted by Gasteiger charge is 2.38. The van der Waals surface area contributed by atoms with Gasteiger partial charge in [-0.05, 0) is 36.5 Å². The second-order valence-corrected chi connectivity index (χ2v) is 4.82. The lowest BCUT2D eigenvalue weighted by molar-refractivity contribution is 0.111. The van der Waals surface area contributed by atoms with Crippen LogP contribution in [0.25, 0.3) is 0 Å². The summed E-state index contributed by atoms with van der Waals surface area (Å²) < 4.78 is 0. The van der Waals surface area contributed by atoms with Crippen LogP contribution < -0.4 is 0 Å². The van der Waals surface area contributed by atoms with E-state index in [0.717, 1.165) is 11.8 Å². The summed E-state index contributed by atoms with van der Waals surface area (Å²) in [5, 5.41) is 0. The quantitative estimate of drug-likeness (QED) is 0.464. The minimum atomic E-state index is 0.617. The van der Waals surface area contributed by atoms with Gasteiger partial charge < -0.3 is 0 Å². The molecule has 0 aromatic heterocycles. The first kappa shape index (κ1) is 7.39. The van der Waals surface area contributed by atoms with Gasteiger partial charge in [-0.25, -0.2) is 0 Å². The third-order valence-electron chi connectivity index (χ3n) is 3.65. The Morgan fingerprint density at radius 2 is 2.18 bits per heavy atom. The van der Waals surface area contributed by atoms with Crippen molar-refractivity contribution in [3.63, 3.8) is 0 Å². The maximum atomic E-state index is 2.45. The maximum Gasteiger partial charge on any atom is -0.0197 e. The lowest BCUT2D eigenvalue weighted by Crippen LogP contribution is -2.31. The zero-order valence-electron chi connectivity index (χ0n) is 7.64. The van der Waals surface area contributed by atoms with Gasteiger partial charge in [0, 0.05) is 0 Å². The molecule has 2 unspecified atom stereocenters.